The molecular formula is C10H10Cl3N3O2. The minimum Gasteiger partial charge on any atom is -0.396 e. The summed E-state index contributed by atoms with van der Waals surface area (Å²) in [5.74, 6) is -0.531. The Bertz CT molecular complexity index is 518. The first-order valence-electron chi connectivity index (χ1n) is 5.13. The molecule has 98 valence electrons. The molecule has 1 heterocycles. The first-order valence-corrected chi connectivity index (χ1v) is 6.27. The van der Waals surface area contributed by atoms with E-state index in [4.69, 9.17) is 45.6 Å². The number of nitrogens with two attached hydrogens (primary N) is 1. The van der Waals surface area contributed by atoms with Crippen molar-refractivity contribution < 1.29 is 9.90 Å². The zero-order valence-corrected chi connectivity index (χ0v) is 11.4. The Labute approximate surface area is 118 Å². The molecule has 0 bridgehead atoms. The predicted octanol–water partition coefficient (Wildman–Crippen LogP) is 1.88. The van der Waals surface area contributed by atoms with Crippen LogP contribution in [-0.4, -0.2) is 28.1 Å². The van der Waals surface area contributed by atoms with E-state index in [0.717, 1.165) is 0 Å². The lowest BCUT2D eigenvalue weighted by molar-refractivity contribution is 0.0902. The van der Waals surface area contributed by atoms with Gasteiger partial charge in [0.2, 0.25) is 0 Å². The van der Waals surface area contributed by atoms with E-state index in [9.17, 15) is 4.79 Å². The number of hydrogen-bond donors (Lipinski definition) is 3. The van der Waals surface area contributed by atoms with Crippen molar-refractivity contribution in [3.05, 3.63) is 20.9 Å². The molecule has 18 heavy (non-hydrogen) atoms. The molecule has 0 spiro atoms. The van der Waals surface area contributed by atoms with Crippen molar-refractivity contribution in [3.8, 4) is 0 Å². The lowest BCUT2D eigenvalue weighted by atomic mass is 10.2. The zero-order valence-electron chi connectivity index (χ0n) is 9.14. The summed E-state index contributed by atoms with van der Waals surface area (Å²) in [6.45, 7) is -0.132. The zero-order chi connectivity index (χ0) is 13.5. The van der Waals surface area contributed by atoms with Crippen molar-refractivity contribution in [3.63, 3.8) is 0 Å². The topological polar surface area (TPSA) is 88.2 Å². The van der Waals surface area contributed by atoms with Gasteiger partial charge in [0.05, 0.1) is 22.9 Å². The summed E-state index contributed by atoms with van der Waals surface area (Å²) in [6, 6.07) is 0. The molecule has 5 nitrogen and oxygen atoms in total. The lowest BCUT2D eigenvalue weighted by Crippen LogP contribution is -2.40. The molecule has 1 aliphatic rings. The molecule has 0 unspecified atom stereocenters. The summed E-state index contributed by atoms with van der Waals surface area (Å²) < 4.78 is 0. The number of hydrogen-bond acceptors (Lipinski definition) is 4. The number of carbonyl (C=O) groups excluding carboxylic acids is 1. The van der Waals surface area contributed by atoms with Crippen LogP contribution in [0.3, 0.4) is 0 Å². The highest BCUT2D eigenvalue weighted by atomic mass is 35.5. The van der Waals surface area contributed by atoms with Crippen LogP contribution >= 0.6 is 34.8 Å². The van der Waals surface area contributed by atoms with Crippen LogP contribution in [0.1, 0.15) is 23.3 Å². The summed E-state index contributed by atoms with van der Waals surface area (Å²) in [4.78, 5) is 15.8. The number of pyridine rings is 1. The quantitative estimate of drug-likeness (QED) is 0.744. The molecule has 1 aromatic heterocycles. The molecule has 1 aromatic rings. The minimum absolute atomic E-state index is 0.0114. The van der Waals surface area contributed by atoms with E-state index in [1.54, 1.807) is 0 Å². The van der Waals surface area contributed by atoms with Gasteiger partial charge in [0.25, 0.3) is 5.91 Å². The summed E-state index contributed by atoms with van der Waals surface area (Å²) in [7, 11) is 0. The number of aliphatic hydroxyl groups is 1. The van der Waals surface area contributed by atoms with Gasteiger partial charge in [-0.3, -0.25) is 4.79 Å². The van der Waals surface area contributed by atoms with Crippen LogP contribution in [-0.2, 0) is 0 Å². The highest BCUT2D eigenvalue weighted by Crippen LogP contribution is 2.37. The molecule has 0 radical (unpaired) electrons. The van der Waals surface area contributed by atoms with Gasteiger partial charge < -0.3 is 16.2 Å². The second-order valence-electron chi connectivity index (χ2n) is 4.19. The second kappa shape index (κ2) is 4.74. The summed E-state index contributed by atoms with van der Waals surface area (Å²) in [5, 5.41) is 11.7. The molecule has 2 rings (SSSR count). The molecule has 4 N–H and O–H groups in total. The van der Waals surface area contributed by atoms with Gasteiger partial charge in [0.1, 0.15) is 5.02 Å². The molecule has 1 amide bonds. The minimum atomic E-state index is -0.567. The molecule has 8 heteroatoms. The molecule has 0 aromatic carbocycles. The van der Waals surface area contributed by atoms with Crippen LogP contribution in [0.5, 0.6) is 0 Å². The van der Waals surface area contributed by atoms with Crippen molar-refractivity contribution in [2.75, 3.05) is 12.3 Å². The first kappa shape index (κ1) is 13.7. The SMILES string of the molecule is Nc1c(Cl)c(Cl)nc(C(=O)NC2(CO)CC2)c1Cl. The van der Waals surface area contributed by atoms with Gasteiger partial charge >= 0.3 is 0 Å². The molecule has 1 aliphatic carbocycles. The third-order valence-corrected chi connectivity index (χ3v) is 3.96. The van der Waals surface area contributed by atoms with E-state index in [1.807, 2.05) is 0 Å². The molecule has 0 saturated heterocycles. The second-order valence-corrected chi connectivity index (χ2v) is 5.30. The van der Waals surface area contributed by atoms with Crippen LogP contribution in [0.15, 0.2) is 0 Å². The van der Waals surface area contributed by atoms with Crippen LogP contribution in [0.25, 0.3) is 0 Å². The summed E-state index contributed by atoms with van der Waals surface area (Å²) in [5.41, 5.74) is 4.97. The van der Waals surface area contributed by atoms with Gasteiger partial charge in [0.15, 0.2) is 10.8 Å². The number of nitrogens with zero attached hydrogens (tertiary/aromatic N) is 1. The van der Waals surface area contributed by atoms with Gasteiger partial charge in [-0.05, 0) is 12.8 Å². The fraction of sp³-hybridized carbons (Fsp3) is 0.400. The summed E-state index contributed by atoms with van der Waals surface area (Å²) in [6.07, 6.45) is 1.42. The van der Waals surface area contributed by atoms with Crippen LogP contribution in [0.4, 0.5) is 5.69 Å². The number of anilines is 1. The maximum atomic E-state index is 12.0. The molecular weight excluding hydrogens is 300 g/mol. The van der Waals surface area contributed by atoms with E-state index in [-0.39, 0.29) is 33.2 Å². The Kier molecular flexibility index (Phi) is 3.60. The molecule has 0 aliphatic heterocycles. The number of nitrogen functional groups attached to an aromatic ring is 1. The fourth-order valence-corrected chi connectivity index (χ4v) is 2.05. The molecule has 1 saturated carbocycles. The highest BCUT2D eigenvalue weighted by Gasteiger charge is 2.44. The number of halogens is 3. The third-order valence-electron chi connectivity index (χ3n) is 2.82. The predicted molar refractivity (Wildman–Crippen MR) is 70.2 cm³/mol. The van der Waals surface area contributed by atoms with E-state index >= 15 is 0 Å². The average Bonchev–Trinajstić information content (AvgIpc) is 3.11. The van der Waals surface area contributed by atoms with E-state index in [2.05, 4.69) is 10.3 Å². The number of rotatable bonds is 3. The first-order chi connectivity index (χ1) is 8.40. The van der Waals surface area contributed by atoms with Gasteiger partial charge in [-0.1, -0.05) is 34.8 Å². The number of amides is 1. The Morgan fingerprint density at radius 3 is 2.50 bits per heavy atom. The largest absolute Gasteiger partial charge is 0.396 e. The van der Waals surface area contributed by atoms with Crippen LogP contribution in [0.2, 0.25) is 15.2 Å². The normalized spacial score (nSPS) is 16.4. The lowest BCUT2D eigenvalue weighted by Gasteiger charge is -2.15. The molecule has 0 atom stereocenters. The van der Waals surface area contributed by atoms with E-state index < -0.39 is 11.4 Å². The van der Waals surface area contributed by atoms with Gasteiger partial charge in [-0.15, -0.1) is 0 Å². The number of aliphatic hydroxyl groups excluding tert-OH is 1. The van der Waals surface area contributed by atoms with Crippen molar-refractivity contribution in [2.24, 2.45) is 0 Å². The maximum absolute atomic E-state index is 12.0. The van der Waals surface area contributed by atoms with Crippen molar-refractivity contribution in [2.45, 2.75) is 18.4 Å². The van der Waals surface area contributed by atoms with E-state index in [0.29, 0.717) is 12.8 Å². The fourth-order valence-electron chi connectivity index (χ4n) is 1.46. The maximum Gasteiger partial charge on any atom is 0.272 e. The Balaban J connectivity index is 2.31. The Hall–Kier alpha value is -0.750. The highest BCUT2D eigenvalue weighted by molar-refractivity contribution is 6.46. The number of aromatic nitrogens is 1. The van der Waals surface area contributed by atoms with E-state index in [1.165, 1.54) is 0 Å². The standard InChI is InChI=1S/C10H10Cl3N3O2/c11-4-6(14)5(12)8(13)15-7(4)9(18)16-10(3-17)1-2-10/h17H,1-3H2,(H2,14,15)(H,16,18). The monoisotopic (exact) mass is 309 g/mol. The smallest absolute Gasteiger partial charge is 0.272 e. The average molecular weight is 311 g/mol. The van der Waals surface area contributed by atoms with Crippen molar-refractivity contribution in [1.29, 1.82) is 0 Å². The van der Waals surface area contributed by atoms with Gasteiger partial charge in [-0.2, -0.15) is 0 Å². The van der Waals surface area contributed by atoms with Crippen molar-refractivity contribution in [1.82, 2.24) is 10.3 Å². The summed E-state index contributed by atoms with van der Waals surface area (Å²) >= 11 is 17.4. The van der Waals surface area contributed by atoms with Crippen molar-refractivity contribution >= 4 is 46.4 Å². The third kappa shape index (κ3) is 2.36. The van der Waals surface area contributed by atoms with Gasteiger partial charge in [0, 0.05) is 0 Å². The van der Waals surface area contributed by atoms with Crippen LogP contribution < -0.4 is 11.1 Å². The van der Waals surface area contributed by atoms with Crippen LogP contribution in [0, 0.1) is 0 Å². The molecule has 1 fully saturated rings. The number of nitrogens with one attached hydrogen (secondary N) is 1. The van der Waals surface area contributed by atoms with Gasteiger partial charge in [-0.25, -0.2) is 4.98 Å². The number of carbonyl (C=O) groups is 1. The Morgan fingerprint density at radius 2 is 2.00 bits per heavy atom. The Morgan fingerprint density at radius 1 is 1.39 bits per heavy atom.